The Hall–Kier alpha value is -0.710. The summed E-state index contributed by atoms with van der Waals surface area (Å²) in [6.45, 7) is 4.21. The van der Waals surface area contributed by atoms with Gasteiger partial charge in [0, 0.05) is 11.3 Å². The van der Waals surface area contributed by atoms with E-state index in [-0.39, 0.29) is 36.4 Å². The minimum Gasteiger partial charge on any atom is -0.343 e. The molecular formula is C14H24N2O2S. The first-order valence-corrected chi connectivity index (χ1v) is 8.46. The number of rotatable bonds is 3. The predicted molar refractivity (Wildman–Crippen MR) is 78.0 cm³/mol. The maximum Gasteiger partial charge on any atom is 0.246 e. The van der Waals surface area contributed by atoms with E-state index in [0.29, 0.717) is 5.25 Å². The number of hydrogen-bond acceptors (Lipinski definition) is 3. The standard InChI is InChI=1S/C14H24N2O2S/c1-9(2)13-14(18)16(8-12(17)15-13)10-6-4-5-7-11(10)19-3/h9-11,13H,4-8H2,1-3H3,(H,15,17). The summed E-state index contributed by atoms with van der Waals surface area (Å²) in [6, 6.07) is -0.103. The van der Waals surface area contributed by atoms with Gasteiger partial charge in [-0.1, -0.05) is 26.7 Å². The average Bonchev–Trinajstić information content (AvgIpc) is 2.40. The van der Waals surface area contributed by atoms with Crippen LogP contribution in [0.2, 0.25) is 0 Å². The second-order valence-corrected chi connectivity index (χ2v) is 6.96. The summed E-state index contributed by atoms with van der Waals surface area (Å²) >= 11 is 1.83. The van der Waals surface area contributed by atoms with E-state index >= 15 is 0 Å². The number of nitrogens with zero attached hydrogens (tertiary/aromatic N) is 1. The molecule has 3 atom stereocenters. The molecule has 5 heteroatoms. The van der Waals surface area contributed by atoms with Gasteiger partial charge in [-0.25, -0.2) is 0 Å². The van der Waals surface area contributed by atoms with Gasteiger partial charge in [-0.2, -0.15) is 11.8 Å². The molecule has 2 amide bonds. The fraction of sp³-hybridized carbons (Fsp3) is 0.857. The second-order valence-electron chi connectivity index (χ2n) is 5.88. The van der Waals surface area contributed by atoms with E-state index < -0.39 is 0 Å². The van der Waals surface area contributed by atoms with Crippen molar-refractivity contribution in [2.75, 3.05) is 12.8 Å². The summed E-state index contributed by atoms with van der Waals surface area (Å²) in [5.74, 6) is 0.250. The number of amides is 2. The van der Waals surface area contributed by atoms with Crippen LogP contribution in [0.3, 0.4) is 0 Å². The topological polar surface area (TPSA) is 49.4 Å². The van der Waals surface area contributed by atoms with Gasteiger partial charge in [-0.3, -0.25) is 9.59 Å². The largest absolute Gasteiger partial charge is 0.343 e. The molecule has 3 unspecified atom stereocenters. The molecule has 2 fully saturated rings. The fourth-order valence-corrected chi connectivity index (χ4v) is 4.13. The highest BCUT2D eigenvalue weighted by molar-refractivity contribution is 7.99. The third-order valence-corrected chi connectivity index (χ3v) is 5.37. The third kappa shape index (κ3) is 3.07. The number of carbonyl (C=O) groups excluding carboxylic acids is 2. The van der Waals surface area contributed by atoms with Gasteiger partial charge >= 0.3 is 0 Å². The van der Waals surface area contributed by atoms with Crippen LogP contribution in [0.15, 0.2) is 0 Å². The van der Waals surface area contributed by atoms with Crippen LogP contribution < -0.4 is 5.32 Å². The minimum absolute atomic E-state index is 0.0104. The maximum absolute atomic E-state index is 12.6. The van der Waals surface area contributed by atoms with Crippen molar-refractivity contribution in [1.29, 1.82) is 0 Å². The molecule has 108 valence electrons. The maximum atomic E-state index is 12.6. The van der Waals surface area contributed by atoms with Crippen LogP contribution in [-0.2, 0) is 9.59 Å². The molecule has 1 aliphatic carbocycles. The molecular weight excluding hydrogens is 260 g/mol. The van der Waals surface area contributed by atoms with Gasteiger partial charge in [-0.05, 0) is 25.0 Å². The Labute approximate surface area is 119 Å². The summed E-state index contributed by atoms with van der Waals surface area (Å²) in [5.41, 5.74) is 0. The van der Waals surface area contributed by atoms with Gasteiger partial charge in [0.25, 0.3) is 0 Å². The Morgan fingerprint density at radius 1 is 1.26 bits per heavy atom. The van der Waals surface area contributed by atoms with Crippen molar-refractivity contribution < 1.29 is 9.59 Å². The van der Waals surface area contributed by atoms with E-state index in [2.05, 4.69) is 11.6 Å². The molecule has 0 bridgehead atoms. The predicted octanol–water partition coefficient (Wildman–Crippen LogP) is 1.64. The summed E-state index contributed by atoms with van der Waals surface area (Å²) in [4.78, 5) is 26.3. The molecule has 1 saturated carbocycles. The van der Waals surface area contributed by atoms with Crippen LogP contribution in [0, 0.1) is 5.92 Å². The number of hydrogen-bond donors (Lipinski definition) is 1. The molecule has 1 heterocycles. The van der Waals surface area contributed by atoms with Gasteiger partial charge in [0.05, 0.1) is 6.54 Å². The lowest BCUT2D eigenvalue weighted by Crippen LogP contribution is -2.63. The van der Waals surface area contributed by atoms with Crippen molar-refractivity contribution >= 4 is 23.6 Å². The van der Waals surface area contributed by atoms with Crippen LogP contribution >= 0.6 is 11.8 Å². The Morgan fingerprint density at radius 2 is 1.95 bits per heavy atom. The second kappa shape index (κ2) is 6.16. The molecule has 2 rings (SSSR count). The van der Waals surface area contributed by atoms with Crippen LogP contribution in [-0.4, -0.2) is 46.8 Å². The highest BCUT2D eigenvalue weighted by Gasteiger charge is 2.40. The van der Waals surface area contributed by atoms with E-state index in [1.165, 1.54) is 12.8 Å². The fourth-order valence-electron chi connectivity index (χ4n) is 3.13. The van der Waals surface area contributed by atoms with Crippen molar-refractivity contribution in [3.05, 3.63) is 0 Å². The highest BCUT2D eigenvalue weighted by Crippen LogP contribution is 2.32. The minimum atomic E-state index is -0.342. The van der Waals surface area contributed by atoms with Gasteiger partial charge in [0.1, 0.15) is 6.04 Å². The van der Waals surface area contributed by atoms with Crippen LogP contribution in [0.25, 0.3) is 0 Å². The van der Waals surface area contributed by atoms with Crippen LogP contribution in [0.5, 0.6) is 0 Å². The highest BCUT2D eigenvalue weighted by atomic mass is 32.2. The molecule has 0 radical (unpaired) electrons. The molecule has 0 aromatic carbocycles. The average molecular weight is 284 g/mol. The smallest absolute Gasteiger partial charge is 0.246 e. The van der Waals surface area contributed by atoms with Gasteiger partial charge in [0.2, 0.25) is 11.8 Å². The zero-order valence-electron chi connectivity index (χ0n) is 12.0. The summed E-state index contributed by atoms with van der Waals surface area (Å²) < 4.78 is 0. The van der Waals surface area contributed by atoms with Crippen molar-refractivity contribution in [3.63, 3.8) is 0 Å². The SMILES string of the molecule is CSC1CCCCC1N1CC(=O)NC(C(C)C)C1=O. The summed E-state index contributed by atoms with van der Waals surface area (Å²) in [7, 11) is 0. The summed E-state index contributed by atoms with van der Waals surface area (Å²) in [6.07, 6.45) is 6.71. The lowest BCUT2D eigenvalue weighted by atomic mass is 9.91. The van der Waals surface area contributed by atoms with Crippen molar-refractivity contribution in [1.82, 2.24) is 10.2 Å². The Balaban J connectivity index is 2.16. The van der Waals surface area contributed by atoms with E-state index in [9.17, 15) is 9.59 Å². The van der Waals surface area contributed by atoms with E-state index in [4.69, 9.17) is 0 Å². The first-order valence-electron chi connectivity index (χ1n) is 7.17. The van der Waals surface area contributed by atoms with Crippen molar-refractivity contribution in [3.8, 4) is 0 Å². The first kappa shape index (κ1) is 14.7. The molecule has 0 spiro atoms. The normalized spacial score (nSPS) is 32.6. The molecule has 0 aromatic rings. The number of piperazine rings is 1. The number of thioether (sulfide) groups is 1. The molecule has 1 N–H and O–H groups in total. The van der Waals surface area contributed by atoms with Crippen LogP contribution in [0.1, 0.15) is 39.5 Å². The lowest BCUT2D eigenvalue weighted by molar-refractivity contribution is -0.148. The van der Waals surface area contributed by atoms with E-state index in [1.54, 1.807) is 0 Å². The van der Waals surface area contributed by atoms with E-state index in [1.807, 2.05) is 30.5 Å². The molecule has 4 nitrogen and oxygen atoms in total. The Bertz CT molecular complexity index is 359. The molecule has 1 aliphatic heterocycles. The quantitative estimate of drug-likeness (QED) is 0.857. The van der Waals surface area contributed by atoms with Gasteiger partial charge in [-0.15, -0.1) is 0 Å². The van der Waals surface area contributed by atoms with Crippen LogP contribution in [0.4, 0.5) is 0 Å². The Kier molecular flexibility index (Phi) is 4.76. The van der Waals surface area contributed by atoms with E-state index in [0.717, 1.165) is 12.8 Å². The monoisotopic (exact) mass is 284 g/mol. The van der Waals surface area contributed by atoms with Crippen molar-refractivity contribution in [2.45, 2.75) is 56.9 Å². The molecule has 0 aromatic heterocycles. The van der Waals surface area contributed by atoms with Crippen molar-refractivity contribution in [2.24, 2.45) is 5.92 Å². The molecule has 19 heavy (non-hydrogen) atoms. The van der Waals surface area contributed by atoms with Gasteiger partial charge < -0.3 is 10.2 Å². The zero-order valence-corrected chi connectivity index (χ0v) is 12.8. The summed E-state index contributed by atoms with van der Waals surface area (Å²) in [5, 5.41) is 3.31. The number of carbonyl (C=O) groups is 2. The third-order valence-electron chi connectivity index (χ3n) is 4.22. The molecule has 1 saturated heterocycles. The number of nitrogens with one attached hydrogen (secondary N) is 1. The zero-order chi connectivity index (χ0) is 14.0. The Morgan fingerprint density at radius 3 is 2.58 bits per heavy atom. The first-order chi connectivity index (χ1) is 9.04. The molecule has 2 aliphatic rings. The van der Waals surface area contributed by atoms with Gasteiger partial charge in [0.15, 0.2) is 0 Å². The lowest BCUT2D eigenvalue weighted by Gasteiger charge is -2.43.